The summed E-state index contributed by atoms with van der Waals surface area (Å²) in [5, 5.41) is 9.47. The minimum atomic E-state index is -0.642. The number of rotatable bonds is 4. The van der Waals surface area contributed by atoms with E-state index < -0.39 is 5.92 Å². The van der Waals surface area contributed by atoms with Crippen LogP contribution < -0.4 is 0 Å². The topological polar surface area (TPSA) is 44.1 Å². The van der Waals surface area contributed by atoms with Crippen molar-refractivity contribution in [2.75, 3.05) is 6.54 Å². The Hall–Kier alpha value is -1.66. The Morgan fingerprint density at radius 3 is 2.70 bits per heavy atom. The number of nitrogens with zero attached hydrogens (tertiary/aromatic N) is 2. The zero-order valence-electron chi connectivity index (χ0n) is 14.3. The summed E-state index contributed by atoms with van der Waals surface area (Å²) in [5.74, 6) is 0.0848. The van der Waals surface area contributed by atoms with Gasteiger partial charge in [-0.05, 0) is 43.1 Å². The van der Waals surface area contributed by atoms with E-state index in [9.17, 15) is 10.1 Å². The molecule has 1 saturated carbocycles. The van der Waals surface area contributed by atoms with Crippen LogP contribution in [0, 0.1) is 22.7 Å². The molecule has 0 spiro atoms. The normalized spacial score (nSPS) is 30.6. The first-order chi connectivity index (χ1) is 10.9. The molecule has 3 heteroatoms. The molecule has 0 radical (unpaired) electrons. The van der Waals surface area contributed by atoms with E-state index in [0.29, 0.717) is 30.0 Å². The Kier molecular flexibility index (Phi) is 4.29. The lowest BCUT2D eigenvalue weighted by atomic mass is 9.71. The number of carbonyl (C=O) groups is 1. The highest BCUT2D eigenvalue weighted by molar-refractivity contribution is 5.90. The van der Waals surface area contributed by atoms with Crippen molar-refractivity contribution in [3.8, 4) is 6.07 Å². The fourth-order valence-corrected chi connectivity index (χ4v) is 4.69. The molecule has 3 nitrogen and oxygen atoms in total. The molecule has 1 heterocycles. The van der Waals surface area contributed by atoms with Gasteiger partial charge in [0, 0.05) is 12.1 Å². The molecule has 23 heavy (non-hydrogen) atoms. The van der Waals surface area contributed by atoms with Crippen molar-refractivity contribution in [1.29, 1.82) is 5.26 Å². The van der Waals surface area contributed by atoms with Crippen LogP contribution in [0.1, 0.15) is 51.5 Å². The van der Waals surface area contributed by atoms with Crippen molar-refractivity contribution in [2.45, 2.75) is 58.0 Å². The minimum Gasteiger partial charge on any atom is -0.296 e. The first-order valence-electron chi connectivity index (χ1n) is 8.64. The molecule has 4 atom stereocenters. The Labute approximate surface area is 139 Å². The van der Waals surface area contributed by atoms with Crippen molar-refractivity contribution in [3.05, 3.63) is 35.9 Å². The second kappa shape index (κ2) is 6.09. The lowest BCUT2D eigenvalue weighted by Crippen LogP contribution is -2.40. The molecule has 0 N–H and O–H groups in total. The highest BCUT2D eigenvalue weighted by Crippen LogP contribution is 2.48. The van der Waals surface area contributed by atoms with Gasteiger partial charge in [-0.3, -0.25) is 9.69 Å². The summed E-state index contributed by atoms with van der Waals surface area (Å²) in [7, 11) is 0. The fourth-order valence-electron chi connectivity index (χ4n) is 4.69. The number of fused-ring (bicyclic) bond motifs is 2. The van der Waals surface area contributed by atoms with E-state index in [0.717, 1.165) is 12.0 Å². The summed E-state index contributed by atoms with van der Waals surface area (Å²) in [6, 6.07) is 12.6. The zero-order valence-corrected chi connectivity index (χ0v) is 14.3. The van der Waals surface area contributed by atoms with E-state index in [1.807, 2.05) is 30.3 Å². The van der Waals surface area contributed by atoms with Crippen molar-refractivity contribution >= 4 is 5.78 Å². The summed E-state index contributed by atoms with van der Waals surface area (Å²) in [4.78, 5) is 15.1. The molecule has 2 bridgehead atoms. The van der Waals surface area contributed by atoms with Crippen LogP contribution >= 0.6 is 0 Å². The van der Waals surface area contributed by atoms with Gasteiger partial charge in [0.15, 0.2) is 5.78 Å². The number of Topliss-reactive ketones (excluding diaryl/α,β-unsaturated/α-hetero) is 1. The van der Waals surface area contributed by atoms with E-state index >= 15 is 0 Å². The molecule has 2 fully saturated rings. The number of nitriles is 1. The van der Waals surface area contributed by atoms with Crippen LogP contribution in [0.25, 0.3) is 0 Å². The molecular formula is C20H26N2O. The van der Waals surface area contributed by atoms with Crippen LogP contribution in [-0.4, -0.2) is 29.3 Å². The molecule has 122 valence electrons. The Balaban J connectivity index is 1.74. The number of benzene rings is 1. The molecule has 3 rings (SSSR count). The van der Waals surface area contributed by atoms with Crippen LogP contribution in [0.2, 0.25) is 0 Å². The summed E-state index contributed by atoms with van der Waals surface area (Å²) in [6.45, 7) is 7.34. The quantitative estimate of drug-likeness (QED) is 0.850. The van der Waals surface area contributed by atoms with Gasteiger partial charge in [0.1, 0.15) is 5.92 Å². The van der Waals surface area contributed by atoms with Crippen molar-refractivity contribution in [1.82, 2.24) is 4.90 Å². The Bertz CT molecular complexity index is 616. The van der Waals surface area contributed by atoms with Gasteiger partial charge >= 0.3 is 0 Å². The van der Waals surface area contributed by atoms with Crippen LogP contribution in [0.15, 0.2) is 30.3 Å². The van der Waals surface area contributed by atoms with Crippen molar-refractivity contribution in [2.24, 2.45) is 11.3 Å². The summed E-state index contributed by atoms with van der Waals surface area (Å²) in [6.07, 6.45) is 3.61. The standard InChI is InChI=1S/C20H26N2O/c1-14-16-9-17(11-20(2,3)10-16)22(14)13-19(23)18(12-21)15-7-5-4-6-8-15/h4-8,14,16-18H,9-11,13H2,1-3H3/t14-,16-,17-,18-/m0/s1. The van der Waals surface area contributed by atoms with Gasteiger partial charge in [-0.2, -0.15) is 5.26 Å². The summed E-state index contributed by atoms with van der Waals surface area (Å²) >= 11 is 0. The molecule has 1 aliphatic heterocycles. The van der Waals surface area contributed by atoms with Crippen LogP contribution in [-0.2, 0) is 4.79 Å². The van der Waals surface area contributed by atoms with E-state index in [1.54, 1.807) is 0 Å². The fraction of sp³-hybridized carbons (Fsp3) is 0.600. The smallest absolute Gasteiger partial charge is 0.168 e. The lowest BCUT2D eigenvalue weighted by Gasteiger charge is -2.35. The van der Waals surface area contributed by atoms with Gasteiger partial charge in [-0.25, -0.2) is 0 Å². The Morgan fingerprint density at radius 2 is 2.04 bits per heavy atom. The van der Waals surface area contributed by atoms with E-state index in [-0.39, 0.29) is 5.78 Å². The average Bonchev–Trinajstić information content (AvgIpc) is 2.72. The Morgan fingerprint density at radius 1 is 1.35 bits per heavy atom. The maximum atomic E-state index is 12.8. The molecule has 0 unspecified atom stereocenters. The average molecular weight is 310 g/mol. The van der Waals surface area contributed by atoms with Crippen molar-refractivity contribution in [3.63, 3.8) is 0 Å². The van der Waals surface area contributed by atoms with Gasteiger partial charge in [0.2, 0.25) is 0 Å². The maximum Gasteiger partial charge on any atom is 0.168 e. The first kappa shape index (κ1) is 16.2. The monoisotopic (exact) mass is 310 g/mol. The summed E-state index contributed by atoms with van der Waals surface area (Å²) < 4.78 is 0. The second-order valence-electron chi connectivity index (χ2n) is 8.07. The summed E-state index contributed by atoms with van der Waals surface area (Å²) in [5.41, 5.74) is 1.18. The molecule has 1 aliphatic carbocycles. The molecule has 1 aromatic rings. The van der Waals surface area contributed by atoms with Gasteiger partial charge in [-0.15, -0.1) is 0 Å². The first-order valence-corrected chi connectivity index (χ1v) is 8.64. The van der Waals surface area contributed by atoms with Gasteiger partial charge in [-0.1, -0.05) is 44.2 Å². The number of hydrogen-bond donors (Lipinski definition) is 0. The molecule has 0 aromatic heterocycles. The van der Waals surface area contributed by atoms with E-state index in [1.165, 1.54) is 12.8 Å². The van der Waals surface area contributed by atoms with E-state index in [4.69, 9.17) is 0 Å². The van der Waals surface area contributed by atoms with E-state index in [2.05, 4.69) is 31.7 Å². The number of hydrogen-bond acceptors (Lipinski definition) is 3. The number of carbonyl (C=O) groups excluding carboxylic acids is 1. The number of ketones is 1. The van der Waals surface area contributed by atoms with Gasteiger partial charge in [0.25, 0.3) is 0 Å². The van der Waals surface area contributed by atoms with Gasteiger partial charge < -0.3 is 0 Å². The molecule has 1 saturated heterocycles. The van der Waals surface area contributed by atoms with Crippen LogP contribution in [0.5, 0.6) is 0 Å². The largest absolute Gasteiger partial charge is 0.296 e. The predicted molar refractivity (Wildman–Crippen MR) is 90.9 cm³/mol. The predicted octanol–water partition coefficient (Wildman–Crippen LogP) is 3.76. The second-order valence-corrected chi connectivity index (χ2v) is 8.07. The minimum absolute atomic E-state index is 0.0379. The molecule has 2 aliphatic rings. The lowest BCUT2D eigenvalue weighted by molar-refractivity contribution is -0.121. The molecule has 1 aromatic carbocycles. The molecule has 0 amide bonds. The van der Waals surface area contributed by atoms with Crippen molar-refractivity contribution < 1.29 is 4.79 Å². The maximum absolute atomic E-state index is 12.8. The highest BCUT2D eigenvalue weighted by atomic mass is 16.1. The molecular weight excluding hydrogens is 284 g/mol. The van der Waals surface area contributed by atoms with Crippen LogP contribution in [0.3, 0.4) is 0 Å². The third kappa shape index (κ3) is 3.19. The third-order valence-corrected chi connectivity index (χ3v) is 5.77. The SMILES string of the molecule is C[C@H]1[C@H]2C[C@@H](CC(C)(C)C2)N1CC(=O)[C@@H](C#N)c1ccccc1. The highest BCUT2D eigenvalue weighted by Gasteiger charge is 2.47. The zero-order chi connectivity index (χ0) is 16.6. The van der Waals surface area contributed by atoms with Crippen LogP contribution in [0.4, 0.5) is 0 Å². The number of likely N-dealkylation sites (tertiary alicyclic amines) is 1. The van der Waals surface area contributed by atoms with Gasteiger partial charge in [0.05, 0.1) is 12.6 Å². The third-order valence-electron chi connectivity index (χ3n) is 5.77.